The van der Waals surface area contributed by atoms with Crippen LogP contribution >= 0.6 is 0 Å². The Kier molecular flexibility index (Phi) is 8.37. The van der Waals surface area contributed by atoms with Crippen molar-refractivity contribution >= 4 is 23.3 Å². The average molecular weight is 698 g/mol. The molecule has 0 aliphatic rings. The number of anilines is 4. The first-order chi connectivity index (χ1) is 25.3. The highest BCUT2D eigenvalue weighted by molar-refractivity contribution is 5.80. The van der Waals surface area contributed by atoms with Crippen LogP contribution < -0.4 is 10.6 Å². The van der Waals surface area contributed by atoms with Crippen LogP contribution in [0.1, 0.15) is 0 Å². The standard InChI is InChI=1S/C38H23F4N9O/c39-24-9-5-22(6-10-24)33-34(23-7-11-25(40)12-8-23)52-36(45-33)30-3-1-2-4-32(30)51-21-31(49-50-51)35-46-37(43-28-17-13-26(41)14-18-28)48-38(47-35)44-29-19-15-27(42)16-20-29/h1-21H,(H2,43,44,46,47,48). The van der Waals surface area contributed by atoms with Gasteiger partial charge in [-0.05, 0) is 109 Å². The number of aromatic nitrogens is 7. The minimum Gasteiger partial charge on any atom is -0.435 e. The van der Waals surface area contributed by atoms with Crippen molar-refractivity contribution in [2.45, 2.75) is 0 Å². The predicted octanol–water partition coefficient (Wildman–Crippen LogP) is 9.15. The fourth-order valence-electron chi connectivity index (χ4n) is 5.30. The molecule has 0 atom stereocenters. The summed E-state index contributed by atoms with van der Waals surface area (Å²) >= 11 is 0. The number of rotatable bonds is 9. The Morgan fingerprint density at radius 3 is 1.63 bits per heavy atom. The molecule has 0 bridgehead atoms. The van der Waals surface area contributed by atoms with Crippen LogP contribution in [0, 0.1) is 23.3 Å². The van der Waals surface area contributed by atoms with Crippen molar-refractivity contribution in [1.29, 1.82) is 0 Å². The predicted molar refractivity (Wildman–Crippen MR) is 186 cm³/mol. The van der Waals surface area contributed by atoms with Crippen molar-refractivity contribution in [2.75, 3.05) is 10.6 Å². The highest BCUT2D eigenvalue weighted by Crippen LogP contribution is 2.38. The quantitative estimate of drug-likeness (QED) is 0.142. The fourth-order valence-corrected chi connectivity index (χ4v) is 5.30. The van der Waals surface area contributed by atoms with Crippen molar-refractivity contribution in [3.05, 3.63) is 151 Å². The number of nitrogens with zero attached hydrogens (tertiary/aromatic N) is 7. The number of hydrogen-bond donors (Lipinski definition) is 2. The largest absolute Gasteiger partial charge is 0.435 e. The van der Waals surface area contributed by atoms with E-state index in [1.165, 1.54) is 77.5 Å². The van der Waals surface area contributed by atoms with Crippen molar-refractivity contribution in [1.82, 2.24) is 34.9 Å². The second-order valence-electron chi connectivity index (χ2n) is 11.3. The molecule has 0 saturated carbocycles. The van der Waals surface area contributed by atoms with Gasteiger partial charge in [0.25, 0.3) is 0 Å². The Morgan fingerprint density at radius 2 is 1.06 bits per heavy atom. The van der Waals surface area contributed by atoms with Crippen LogP contribution in [0.4, 0.5) is 40.8 Å². The Bertz CT molecular complexity index is 2370. The van der Waals surface area contributed by atoms with E-state index >= 15 is 0 Å². The van der Waals surface area contributed by atoms with Gasteiger partial charge in [0.1, 0.15) is 29.0 Å². The molecule has 0 spiro atoms. The van der Waals surface area contributed by atoms with Crippen LogP contribution in [0.3, 0.4) is 0 Å². The van der Waals surface area contributed by atoms with Gasteiger partial charge in [0.2, 0.25) is 17.8 Å². The van der Waals surface area contributed by atoms with Gasteiger partial charge < -0.3 is 15.1 Å². The van der Waals surface area contributed by atoms with Crippen molar-refractivity contribution in [3.63, 3.8) is 0 Å². The summed E-state index contributed by atoms with van der Waals surface area (Å²) in [4.78, 5) is 18.3. The molecular weight excluding hydrogens is 674 g/mol. The summed E-state index contributed by atoms with van der Waals surface area (Å²) in [5, 5.41) is 14.8. The van der Waals surface area contributed by atoms with Gasteiger partial charge in [-0.25, -0.2) is 27.2 Å². The third kappa shape index (κ3) is 6.80. The maximum absolute atomic E-state index is 13.8. The number of oxazole rings is 1. The molecule has 8 rings (SSSR count). The van der Waals surface area contributed by atoms with E-state index in [-0.39, 0.29) is 29.3 Å². The lowest BCUT2D eigenvalue weighted by Crippen LogP contribution is -2.05. The molecule has 0 saturated heterocycles. The van der Waals surface area contributed by atoms with E-state index in [4.69, 9.17) is 9.40 Å². The van der Waals surface area contributed by atoms with E-state index < -0.39 is 23.3 Å². The molecule has 52 heavy (non-hydrogen) atoms. The number of hydrogen-bond acceptors (Lipinski definition) is 9. The maximum Gasteiger partial charge on any atom is 0.232 e. The minimum absolute atomic E-state index is 0.123. The Labute approximate surface area is 292 Å². The Balaban J connectivity index is 1.18. The lowest BCUT2D eigenvalue weighted by atomic mass is 10.1. The minimum atomic E-state index is -0.408. The summed E-state index contributed by atoms with van der Waals surface area (Å²) in [6, 6.07) is 30.1. The molecule has 0 fully saturated rings. The first-order valence-electron chi connectivity index (χ1n) is 15.7. The Hall–Kier alpha value is -7.22. The van der Waals surface area contributed by atoms with Crippen molar-refractivity contribution in [3.8, 4) is 51.2 Å². The summed E-state index contributed by atoms with van der Waals surface area (Å²) in [5.41, 5.74) is 4.01. The van der Waals surface area contributed by atoms with Crippen LogP contribution in [0.5, 0.6) is 0 Å². The van der Waals surface area contributed by atoms with Crippen molar-refractivity contribution < 1.29 is 22.0 Å². The zero-order chi connectivity index (χ0) is 35.6. The average Bonchev–Trinajstić information content (AvgIpc) is 3.83. The molecule has 3 heterocycles. The molecular formula is C38H23F4N9O. The monoisotopic (exact) mass is 697 g/mol. The zero-order valence-electron chi connectivity index (χ0n) is 26.7. The number of para-hydroxylation sites is 1. The molecule has 5 aromatic carbocycles. The number of benzene rings is 5. The maximum atomic E-state index is 13.8. The first-order valence-corrected chi connectivity index (χ1v) is 15.7. The van der Waals surface area contributed by atoms with E-state index in [2.05, 4.69) is 35.9 Å². The number of nitrogens with one attached hydrogen (secondary N) is 2. The zero-order valence-corrected chi connectivity index (χ0v) is 26.7. The molecule has 3 aromatic heterocycles. The second kappa shape index (κ2) is 13.6. The normalized spacial score (nSPS) is 11.1. The first kappa shape index (κ1) is 32.0. The summed E-state index contributed by atoms with van der Waals surface area (Å²) in [6.07, 6.45) is 1.61. The van der Waals surface area contributed by atoms with Gasteiger partial charge in [0.15, 0.2) is 17.3 Å². The van der Waals surface area contributed by atoms with Crippen LogP contribution in [-0.2, 0) is 0 Å². The Morgan fingerprint density at radius 1 is 0.538 bits per heavy atom. The molecule has 0 unspecified atom stereocenters. The van der Waals surface area contributed by atoms with E-state index in [1.54, 1.807) is 42.6 Å². The van der Waals surface area contributed by atoms with E-state index in [0.717, 1.165) is 0 Å². The second-order valence-corrected chi connectivity index (χ2v) is 11.3. The number of halogens is 4. The fraction of sp³-hybridized carbons (Fsp3) is 0. The van der Waals surface area contributed by atoms with E-state index in [9.17, 15) is 17.6 Å². The molecule has 0 aliphatic heterocycles. The van der Waals surface area contributed by atoms with Crippen LogP contribution in [-0.4, -0.2) is 34.9 Å². The highest BCUT2D eigenvalue weighted by atomic mass is 19.1. The van der Waals surface area contributed by atoms with Gasteiger partial charge in [0, 0.05) is 22.5 Å². The molecule has 14 heteroatoms. The summed E-state index contributed by atoms with van der Waals surface area (Å²) in [5.74, 6) is -0.643. The smallest absolute Gasteiger partial charge is 0.232 e. The molecule has 0 aliphatic carbocycles. The van der Waals surface area contributed by atoms with Gasteiger partial charge in [-0.1, -0.05) is 17.3 Å². The van der Waals surface area contributed by atoms with Gasteiger partial charge in [-0.2, -0.15) is 15.0 Å². The third-order valence-corrected chi connectivity index (χ3v) is 7.79. The molecule has 254 valence electrons. The molecule has 10 nitrogen and oxygen atoms in total. The van der Waals surface area contributed by atoms with Gasteiger partial charge >= 0.3 is 0 Å². The van der Waals surface area contributed by atoms with Crippen LogP contribution in [0.25, 0.3) is 51.2 Å². The van der Waals surface area contributed by atoms with Gasteiger partial charge in [-0.3, -0.25) is 0 Å². The summed E-state index contributed by atoms with van der Waals surface area (Å²) < 4.78 is 62.6. The van der Waals surface area contributed by atoms with Crippen molar-refractivity contribution in [2.24, 2.45) is 0 Å². The lowest BCUT2D eigenvalue weighted by molar-refractivity contribution is 0.587. The lowest BCUT2D eigenvalue weighted by Gasteiger charge is -2.10. The molecule has 0 amide bonds. The summed E-state index contributed by atoms with van der Waals surface area (Å²) in [7, 11) is 0. The topological polar surface area (TPSA) is 119 Å². The molecule has 2 N–H and O–H groups in total. The van der Waals surface area contributed by atoms with Gasteiger partial charge in [0.05, 0.1) is 17.4 Å². The van der Waals surface area contributed by atoms with Crippen LogP contribution in [0.15, 0.2) is 132 Å². The highest BCUT2D eigenvalue weighted by Gasteiger charge is 2.22. The van der Waals surface area contributed by atoms with E-state index in [0.29, 0.717) is 45.2 Å². The van der Waals surface area contributed by atoms with Crippen LogP contribution in [0.2, 0.25) is 0 Å². The third-order valence-electron chi connectivity index (χ3n) is 7.79. The molecule has 8 aromatic rings. The molecule has 0 radical (unpaired) electrons. The SMILES string of the molecule is Fc1ccc(Nc2nc(Nc3ccc(F)cc3)nc(-c3cn(-c4ccccc4-c4nc(-c5ccc(F)cc5)c(-c5ccc(F)cc5)o4)nn3)n2)cc1. The van der Waals surface area contributed by atoms with Gasteiger partial charge in [-0.15, -0.1) is 5.10 Å². The van der Waals surface area contributed by atoms with E-state index in [1.807, 2.05) is 12.1 Å². The summed E-state index contributed by atoms with van der Waals surface area (Å²) in [6.45, 7) is 0.